The molecule has 0 spiro atoms. The molecular formula is C12H14N2. The monoisotopic (exact) mass is 186 g/mol. The highest BCUT2D eigenvalue weighted by Crippen LogP contribution is 2.18. The molecular weight excluding hydrogens is 172 g/mol. The van der Waals surface area contributed by atoms with Crippen LogP contribution in [0.4, 0.5) is 0 Å². The van der Waals surface area contributed by atoms with E-state index in [4.69, 9.17) is 0 Å². The molecule has 1 aromatic rings. The van der Waals surface area contributed by atoms with Crippen LogP contribution >= 0.6 is 0 Å². The predicted molar refractivity (Wildman–Crippen MR) is 60.5 cm³/mol. The van der Waals surface area contributed by atoms with Gasteiger partial charge in [0, 0.05) is 11.8 Å². The van der Waals surface area contributed by atoms with Gasteiger partial charge in [-0.25, -0.2) is 0 Å². The van der Waals surface area contributed by atoms with Crippen molar-refractivity contribution >= 4 is 11.9 Å². The third kappa shape index (κ3) is 1.37. The van der Waals surface area contributed by atoms with E-state index in [1.54, 1.807) is 0 Å². The Hall–Kier alpha value is -1.44. The van der Waals surface area contributed by atoms with Crippen LogP contribution in [0.2, 0.25) is 0 Å². The maximum absolute atomic E-state index is 4.33. The second-order valence-electron chi connectivity index (χ2n) is 3.68. The Kier molecular flexibility index (Phi) is 2.20. The third-order valence-electron chi connectivity index (χ3n) is 2.87. The molecule has 72 valence electrons. The Morgan fingerprint density at radius 2 is 1.86 bits per heavy atom. The lowest BCUT2D eigenvalue weighted by Gasteiger charge is -2.09. The van der Waals surface area contributed by atoms with Gasteiger partial charge in [-0.2, -0.15) is 0 Å². The summed E-state index contributed by atoms with van der Waals surface area (Å²) in [6.45, 7) is 7.02. The first-order chi connectivity index (χ1) is 6.70. The Morgan fingerprint density at radius 3 is 2.50 bits per heavy atom. The molecule has 2 rings (SSSR count). The fourth-order valence-electron chi connectivity index (χ4n) is 1.67. The van der Waals surface area contributed by atoms with E-state index in [-0.39, 0.29) is 0 Å². The summed E-state index contributed by atoms with van der Waals surface area (Å²) in [7, 11) is 0. The summed E-state index contributed by atoms with van der Waals surface area (Å²) in [5, 5.41) is 0. The van der Waals surface area contributed by atoms with E-state index in [1.807, 2.05) is 6.21 Å². The fraction of sp³-hybridized carbons (Fsp3) is 0.333. The van der Waals surface area contributed by atoms with Crippen molar-refractivity contribution in [1.29, 1.82) is 0 Å². The summed E-state index contributed by atoms with van der Waals surface area (Å²) in [5.41, 5.74) is 6.24. The van der Waals surface area contributed by atoms with Gasteiger partial charge in [0.25, 0.3) is 0 Å². The highest BCUT2D eigenvalue weighted by molar-refractivity contribution is 6.39. The Labute approximate surface area is 84.4 Å². The van der Waals surface area contributed by atoms with E-state index in [0.29, 0.717) is 6.67 Å². The molecule has 0 fully saturated rings. The van der Waals surface area contributed by atoms with Gasteiger partial charge in [-0.15, -0.1) is 0 Å². The van der Waals surface area contributed by atoms with E-state index >= 15 is 0 Å². The highest BCUT2D eigenvalue weighted by atomic mass is 15.0. The van der Waals surface area contributed by atoms with Crippen LogP contribution in [-0.2, 0) is 0 Å². The minimum Gasteiger partial charge on any atom is -0.268 e. The molecule has 14 heavy (non-hydrogen) atoms. The van der Waals surface area contributed by atoms with Crippen molar-refractivity contribution in [3.05, 3.63) is 34.4 Å². The standard InChI is InChI=1S/C12H14N2/c1-8-4-5-11(10(3)9(8)2)12-6-13-7-14-12/h4-6H,7H2,1-3H3. The molecule has 1 aromatic carbocycles. The number of nitrogens with zero attached hydrogens (tertiary/aromatic N) is 2. The second-order valence-corrected chi connectivity index (χ2v) is 3.68. The van der Waals surface area contributed by atoms with Gasteiger partial charge in [-0.1, -0.05) is 12.1 Å². The lowest BCUT2D eigenvalue weighted by Crippen LogP contribution is -2.04. The third-order valence-corrected chi connectivity index (χ3v) is 2.87. The van der Waals surface area contributed by atoms with E-state index < -0.39 is 0 Å². The zero-order valence-corrected chi connectivity index (χ0v) is 8.83. The first-order valence-corrected chi connectivity index (χ1v) is 4.81. The van der Waals surface area contributed by atoms with Crippen molar-refractivity contribution in [1.82, 2.24) is 0 Å². The maximum atomic E-state index is 4.33. The lowest BCUT2D eigenvalue weighted by atomic mass is 9.96. The molecule has 0 unspecified atom stereocenters. The van der Waals surface area contributed by atoms with Gasteiger partial charge in [0.15, 0.2) is 0 Å². The van der Waals surface area contributed by atoms with Gasteiger partial charge in [0.2, 0.25) is 0 Å². The van der Waals surface area contributed by atoms with Crippen molar-refractivity contribution in [2.24, 2.45) is 9.98 Å². The van der Waals surface area contributed by atoms with Gasteiger partial charge in [0.1, 0.15) is 6.67 Å². The van der Waals surface area contributed by atoms with Crippen molar-refractivity contribution in [2.75, 3.05) is 6.67 Å². The van der Waals surface area contributed by atoms with Crippen LogP contribution in [0.1, 0.15) is 22.3 Å². The van der Waals surface area contributed by atoms with Crippen LogP contribution < -0.4 is 0 Å². The molecule has 1 heterocycles. The Balaban J connectivity index is 2.55. The molecule has 0 amide bonds. The molecule has 2 heteroatoms. The summed E-state index contributed by atoms with van der Waals surface area (Å²) < 4.78 is 0. The predicted octanol–water partition coefficient (Wildman–Crippen LogP) is 2.44. The number of hydrogen-bond acceptors (Lipinski definition) is 2. The van der Waals surface area contributed by atoms with Crippen molar-refractivity contribution in [2.45, 2.75) is 20.8 Å². The molecule has 0 aromatic heterocycles. The number of aryl methyl sites for hydroxylation is 1. The van der Waals surface area contributed by atoms with Gasteiger partial charge < -0.3 is 0 Å². The average Bonchev–Trinajstić information content (AvgIpc) is 2.67. The van der Waals surface area contributed by atoms with E-state index in [1.165, 1.54) is 22.3 Å². The quantitative estimate of drug-likeness (QED) is 0.643. The van der Waals surface area contributed by atoms with Crippen molar-refractivity contribution in [3.63, 3.8) is 0 Å². The summed E-state index contributed by atoms with van der Waals surface area (Å²) in [4.78, 5) is 8.44. The summed E-state index contributed by atoms with van der Waals surface area (Å²) in [6, 6.07) is 4.28. The summed E-state index contributed by atoms with van der Waals surface area (Å²) in [6.07, 6.45) is 1.86. The molecule has 1 aliphatic heterocycles. The molecule has 0 saturated heterocycles. The number of aliphatic imine (C=N–C) groups is 2. The molecule has 0 radical (unpaired) electrons. The lowest BCUT2D eigenvalue weighted by molar-refractivity contribution is 1.10. The number of hydrogen-bond donors (Lipinski definition) is 0. The highest BCUT2D eigenvalue weighted by Gasteiger charge is 2.09. The maximum Gasteiger partial charge on any atom is 0.130 e. The minimum atomic E-state index is 0.585. The molecule has 0 atom stereocenters. The van der Waals surface area contributed by atoms with Crippen LogP contribution in [-0.4, -0.2) is 18.6 Å². The van der Waals surface area contributed by atoms with Crippen LogP contribution in [0.15, 0.2) is 22.1 Å². The van der Waals surface area contributed by atoms with Gasteiger partial charge in [-0.05, 0) is 37.5 Å². The minimum absolute atomic E-state index is 0.585. The van der Waals surface area contributed by atoms with E-state index in [9.17, 15) is 0 Å². The van der Waals surface area contributed by atoms with Gasteiger partial charge >= 0.3 is 0 Å². The summed E-state index contributed by atoms with van der Waals surface area (Å²) in [5.74, 6) is 0. The second kappa shape index (κ2) is 3.37. The van der Waals surface area contributed by atoms with Crippen molar-refractivity contribution < 1.29 is 0 Å². The molecule has 2 nitrogen and oxygen atoms in total. The zero-order valence-electron chi connectivity index (χ0n) is 8.83. The van der Waals surface area contributed by atoms with Crippen LogP contribution in [0, 0.1) is 20.8 Å². The first-order valence-electron chi connectivity index (χ1n) is 4.81. The number of benzene rings is 1. The van der Waals surface area contributed by atoms with Crippen LogP contribution in [0.25, 0.3) is 0 Å². The normalized spacial score (nSPS) is 14.6. The van der Waals surface area contributed by atoms with E-state index in [2.05, 4.69) is 42.9 Å². The zero-order chi connectivity index (χ0) is 10.1. The first kappa shape index (κ1) is 9.13. The Bertz CT molecular complexity index is 428. The molecule has 0 N–H and O–H groups in total. The van der Waals surface area contributed by atoms with Crippen LogP contribution in [0.3, 0.4) is 0 Å². The molecule has 0 aliphatic carbocycles. The molecule has 1 aliphatic rings. The van der Waals surface area contributed by atoms with Crippen molar-refractivity contribution in [3.8, 4) is 0 Å². The number of rotatable bonds is 1. The summed E-state index contributed by atoms with van der Waals surface area (Å²) >= 11 is 0. The smallest absolute Gasteiger partial charge is 0.130 e. The fourth-order valence-corrected chi connectivity index (χ4v) is 1.67. The SMILES string of the molecule is Cc1ccc(C2=NCN=C2)c(C)c1C. The Morgan fingerprint density at radius 1 is 1.07 bits per heavy atom. The molecule has 0 saturated carbocycles. The molecule has 0 bridgehead atoms. The van der Waals surface area contributed by atoms with Gasteiger partial charge in [-0.3, -0.25) is 9.98 Å². The largest absolute Gasteiger partial charge is 0.268 e. The van der Waals surface area contributed by atoms with Crippen LogP contribution in [0.5, 0.6) is 0 Å². The van der Waals surface area contributed by atoms with Gasteiger partial charge in [0.05, 0.1) is 5.71 Å². The topological polar surface area (TPSA) is 24.7 Å². The van der Waals surface area contributed by atoms with E-state index in [0.717, 1.165) is 5.71 Å². The average molecular weight is 186 g/mol.